The Balaban J connectivity index is 3.76. The average molecular weight is 174 g/mol. The van der Waals surface area contributed by atoms with Crippen LogP contribution in [0.2, 0.25) is 0 Å². The second-order valence-corrected chi connectivity index (χ2v) is 2.21. The SMILES string of the molecule is CC(=O)C(=O)NCC(N)C(=O)O. The molecule has 0 bridgehead atoms. The van der Waals surface area contributed by atoms with Crippen LogP contribution in [-0.2, 0) is 14.4 Å². The summed E-state index contributed by atoms with van der Waals surface area (Å²) in [7, 11) is 0. The van der Waals surface area contributed by atoms with Crippen LogP contribution >= 0.6 is 0 Å². The highest BCUT2D eigenvalue weighted by Gasteiger charge is 2.13. The van der Waals surface area contributed by atoms with Gasteiger partial charge in [-0.1, -0.05) is 0 Å². The van der Waals surface area contributed by atoms with Crippen LogP contribution in [0.15, 0.2) is 0 Å². The number of Topliss-reactive ketones (excluding diaryl/α,β-unsaturated/α-hetero) is 1. The monoisotopic (exact) mass is 174 g/mol. The Labute approximate surface area is 68.7 Å². The van der Waals surface area contributed by atoms with E-state index in [1.54, 1.807) is 0 Å². The lowest BCUT2D eigenvalue weighted by atomic mass is 10.3. The first kappa shape index (κ1) is 10.6. The van der Waals surface area contributed by atoms with E-state index in [-0.39, 0.29) is 6.54 Å². The van der Waals surface area contributed by atoms with Gasteiger partial charge in [0.15, 0.2) is 0 Å². The molecule has 12 heavy (non-hydrogen) atoms. The van der Waals surface area contributed by atoms with Crippen LogP contribution in [0.5, 0.6) is 0 Å². The molecule has 1 atom stereocenters. The fourth-order valence-corrected chi connectivity index (χ4v) is 0.414. The summed E-state index contributed by atoms with van der Waals surface area (Å²) in [5, 5.41) is 10.3. The summed E-state index contributed by atoms with van der Waals surface area (Å²) in [6, 6.07) is -1.17. The normalized spacial score (nSPS) is 11.8. The van der Waals surface area contributed by atoms with Gasteiger partial charge in [0.25, 0.3) is 5.91 Å². The molecule has 4 N–H and O–H groups in total. The number of hydrogen-bond acceptors (Lipinski definition) is 4. The lowest BCUT2D eigenvalue weighted by Gasteiger charge is -2.05. The number of amides is 1. The largest absolute Gasteiger partial charge is 0.480 e. The van der Waals surface area contributed by atoms with Gasteiger partial charge in [-0.2, -0.15) is 0 Å². The molecule has 68 valence electrons. The van der Waals surface area contributed by atoms with Crippen LogP contribution in [0.1, 0.15) is 6.92 Å². The average Bonchev–Trinajstić information content (AvgIpc) is 1.98. The van der Waals surface area contributed by atoms with Crippen molar-refractivity contribution < 1.29 is 19.5 Å². The molecule has 0 heterocycles. The quantitative estimate of drug-likeness (QED) is 0.431. The molecule has 0 aliphatic carbocycles. The van der Waals surface area contributed by atoms with E-state index in [9.17, 15) is 14.4 Å². The first-order chi connectivity index (χ1) is 5.45. The Kier molecular flexibility index (Phi) is 3.92. The Morgan fingerprint density at radius 1 is 1.50 bits per heavy atom. The maximum atomic E-state index is 10.6. The van der Waals surface area contributed by atoms with Crippen molar-refractivity contribution in [3.8, 4) is 0 Å². The van der Waals surface area contributed by atoms with E-state index in [1.807, 2.05) is 0 Å². The molecular formula is C6H10N2O4. The van der Waals surface area contributed by atoms with Crippen LogP contribution in [0.3, 0.4) is 0 Å². The zero-order valence-electron chi connectivity index (χ0n) is 6.53. The zero-order valence-corrected chi connectivity index (χ0v) is 6.53. The Bertz CT molecular complexity index is 214. The summed E-state index contributed by atoms with van der Waals surface area (Å²) < 4.78 is 0. The highest BCUT2D eigenvalue weighted by molar-refractivity contribution is 6.35. The predicted octanol–water partition coefficient (Wildman–Crippen LogP) is -1.90. The summed E-state index contributed by atoms with van der Waals surface area (Å²) in [5.74, 6) is -2.72. The molecule has 0 radical (unpaired) electrons. The standard InChI is InChI=1S/C6H10N2O4/c1-3(9)5(10)8-2-4(7)6(11)12/h4H,2,7H2,1H3,(H,8,10)(H,11,12). The molecule has 1 amide bonds. The van der Waals surface area contributed by atoms with Gasteiger partial charge in [-0.3, -0.25) is 14.4 Å². The molecule has 0 aliphatic heterocycles. The summed E-state index contributed by atoms with van der Waals surface area (Å²) >= 11 is 0. The van der Waals surface area contributed by atoms with Crippen LogP contribution in [-0.4, -0.2) is 35.4 Å². The van der Waals surface area contributed by atoms with Crippen molar-refractivity contribution in [2.45, 2.75) is 13.0 Å². The Morgan fingerprint density at radius 3 is 2.33 bits per heavy atom. The molecule has 6 heteroatoms. The van der Waals surface area contributed by atoms with Crippen LogP contribution in [0, 0.1) is 0 Å². The fraction of sp³-hybridized carbons (Fsp3) is 0.500. The van der Waals surface area contributed by atoms with Crippen molar-refractivity contribution in [1.29, 1.82) is 0 Å². The van der Waals surface area contributed by atoms with Gasteiger partial charge < -0.3 is 16.2 Å². The first-order valence-electron chi connectivity index (χ1n) is 3.22. The maximum Gasteiger partial charge on any atom is 0.322 e. The van der Waals surface area contributed by atoms with Gasteiger partial charge in [-0.25, -0.2) is 0 Å². The molecule has 0 saturated heterocycles. The third-order valence-corrected chi connectivity index (χ3v) is 1.12. The van der Waals surface area contributed by atoms with E-state index in [1.165, 1.54) is 0 Å². The molecule has 6 nitrogen and oxygen atoms in total. The van der Waals surface area contributed by atoms with E-state index < -0.39 is 23.7 Å². The Hall–Kier alpha value is -1.43. The minimum absolute atomic E-state index is 0.242. The van der Waals surface area contributed by atoms with Gasteiger partial charge in [0.05, 0.1) is 0 Å². The highest BCUT2D eigenvalue weighted by Crippen LogP contribution is 1.76. The molecule has 0 spiro atoms. The number of carboxylic acid groups (broad SMARTS) is 1. The van der Waals surface area contributed by atoms with Gasteiger partial charge in [0.2, 0.25) is 5.78 Å². The molecule has 0 aromatic rings. The number of hydrogen-bond donors (Lipinski definition) is 3. The van der Waals surface area contributed by atoms with Crippen molar-refractivity contribution >= 4 is 17.7 Å². The number of carbonyl (C=O) groups excluding carboxylic acids is 2. The van der Waals surface area contributed by atoms with E-state index in [0.717, 1.165) is 6.92 Å². The van der Waals surface area contributed by atoms with Crippen molar-refractivity contribution in [1.82, 2.24) is 5.32 Å². The van der Waals surface area contributed by atoms with Crippen LogP contribution in [0.25, 0.3) is 0 Å². The van der Waals surface area contributed by atoms with E-state index in [2.05, 4.69) is 5.32 Å². The molecule has 0 rings (SSSR count). The minimum Gasteiger partial charge on any atom is -0.480 e. The number of rotatable bonds is 4. The number of carbonyl (C=O) groups is 3. The molecule has 0 fully saturated rings. The lowest BCUT2D eigenvalue weighted by molar-refractivity contribution is -0.139. The fourth-order valence-electron chi connectivity index (χ4n) is 0.414. The molecule has 0 aromatic carbocycles. The van der Waals surface area contributed by atoms with Crippen LogP contribution < -0.4 is 11.1 Å². The lowest BCUT2D eigenvalue weighted by Crippen LogP contribution is -2.43. The smallest absolute Gasteiger partial charge is 0.322 e. The van der Waals surface area contributed by atoms with Crippen molar-refractivity contribution in [2.75, 3.05) is 6.54 Å². The third-order valence-electron chi connectivity index (χ3n) is 1.12. The highest BCUT2D eigenvalue weighted by atomic mass is 16.4. The van der Waals surface area contributed by atoms with Crippen LogP contribution in [0.4, 0.5) is 0 Å². The maximum absolute atomic E-state index is 10.6. The summed E-state index contributed by atoms with van der Waals surface area (Å²) in [6.07, 6.45) is 0. The second-order valence-electron chi connectivity index (χ2n) is 2.21. The molecule has 1 unspecified atom stereocenters. The molecular weight excluding hydrogens is 164 g/mol. The van der Waals surface area contributed by atoms with E-state index >= 15 is 0 Å². The van der Waals surface area contributed by atoms with Gasteiger partial charge >= 0.3 is 5.97 Å². The molecule has 0 saturated carbocycles. The summed E-state index contributed by atoms with van der Waals surface area (Å²) in [4.78, 5) is 31.0. The van der Waals surface area contributed by atoms with Gasteiger partial charge in [-0.15, -0.1) is 0 Å². The Morgan fingerprint density at radius 2 is 2.00 bits per heavy atom. The van der Waals surface area contributed by atoms with Crippen molar-refractivity contribution in [3.63, 3.8) is 0 Å². The number of ketones is 1. The topological polar surface area (TPSA) is 109 Å². The van der Waals surface area contributed by atoms with Crippen molar-refractivity contribution in [2.24, 2.45) is 5.73 Å². The first-order valence-corrected chi connectivity index (χ1v) is 3.22. The predicted molar refractivity (Wildman–Crippen MR) is 39.3 cm³/mol. The van der Waals surface area contributed by atoms with Gasteiger partial charge in [0, 0.05) is 13.5 Å². The zero-order chi connectivity index (χ0) is 9.72. The van der Waals surface area contributed by atoms with Crippen molar-refractivity contribution in [3.05, 3.63) is 0 Å². The van der Waals surface area contributed by atoms with Gasteiger partial charge in [0.1, 0.15) is 6.04 Å². The van der Waals surface area contributed by atoms with E-state index in [4.69, 9.17) is 10.8 Å². The number of aliphatic carboxylic acids is 1. The molecule has 0 aromatic heterocycles. The third kappa shape index (κ3) is 3.67. The summed E-state index contributed by atoms with van der Waals surface area (Å²) in [5.41, 5.74) is 5.04. The number of carboxylic acids is 1. The second kappa shape index (κ2) is 4.45. The molecule has 0 aliphatic rings. The number of nitrogens with two attached hydrogens (primary N) is 1. The van der Waals surface area contributed by atoms with Gasteiger partial charge in [-0.05, 0) is 0 Å². The minimum atomic E-state index is -1.22. The number of nitrogens with one attached hydrogen (secondary N) is 1. The summed E-state index contributed by atoms with van der Waals surface area (Å²) in [6.45, 7) is 0.843. The van der Waals surface area contributed by atoms with E-state index in [0.29, 0.717) is 0 Å².